The summed E-state index contributed by atoms with van der Waals surface area (Å²) in [5.41, 5.74) is 2.28. The molecule has 0 spiro atoms. The van der Waals surface area contributed by atoms with Gasteiger partial charge in [-0.2, -0.15) is 0 Å². The Labute approximate surface area is 233 Å². The first kappa shape index (κ1) is 30.0. The minimum absolute atomic E-state index is 0. The molecular weight excluding hydrogens is 723 g/mol. The van der Waals surface area contributed by atoms with E-state index in [2.05, 4.69) is 51.2 Å². The minimum Gasteiger partial charge on any atom is -1.00 e. The molecule has 140 valence electrons. The van der Waals surface area contributed by atoms with E-state index in [9.17, 15) is 0 Å². The fraction of sp³-hybridized carbons (Fsp3) is 0.333. The van der Waals surface area contributed by atoms with Gasteiger partial charge >= 0.3 is 29.6 Å². The first-order valence-corrected chi connectivity index (χ1v) is 11.5. The molecule has 0 atom stereocenters. The van der Waals surface area contributed by atoms with Crippen LogP contribution in [0.5, 0.6) is 11.5 Å². The zero-order valence-electron chi connectivity index (χ0n) is 14.6. The molecule has 8 heteroatoms. The molecule has 0 saturated heterocycles. The molecule has 0 N–H and O–H groups in total. The van der Waals surface area contributed by atoms with Crippen LogP contribution in [0.1, 0.15) is 11.1 Å². The number of halogens is 5. The van der Waals surface area contributed by atoms with Gasteiger partial charge in [0, 0.05) is 20.0 Å². The average Bonchev–Trinajstić information content (AvgIpc) is 2.65. The second-order valence-electron chi connectivity index (χ2n) is 4.56. The maximum absolute atomic E-state index is 5.70. The first-order valence-electron chi connectivity index (χ1n) is 7.42. The Morgan fingerprint density at radius 3 is 1.77 bits per heavy atom. The summed E-state index contributed by atoms with van der Waals surface area (Å²) in [6.07, 6.45) is 0. The van der Waals surface area contributed by atoms with E-state index in [1.165, 1.54) is 5.56 Å². The van der Waals surface area contributed by atoms with Crippen molar-refractivity contribution < 1.29 is 63.0 Å². The topological polar surface area (TPSA) is 18.5 Å². The van der Waals surface area contributed by atoms with E-state index < -0.39 is 0 Å². The van der Waals surface area contributed by atoms with Crippen molar-refractivity contribution in [2.24, 2.45) is 0 Å². The Morgan fingerprint density at radius 2 is 1.27 bits per heavy atom. The van der Waals surface area contributed by atoms with E-state index in [1.54, 1.807) is 0 Å². The third-order valence-corrected chi connectivity index (χ3v) is 4.61. The molecule has 0 aliphatic carbocycles. The molecule has 0 aliphatic heterocycles. The van der Waals surface area contributed by atoms with Gasteiger partial charge in [0.2, 0.25) is 0 Å². The number of alkyl halides is 4. The van der Waals surface area contributed by atoms with E-state index in [1.807, 2.05) is 42.5 Å². The second kappa shape index (κ2) is 20.1. The summed E-state index contributed by atoms with van der Waals surface area (Å²) in [4.78, 5) is 0. The van der Waals surface area contributed by atoms with E-state index in [0.717, 1.165) is 32.5 Å². The van der Waals surface area contributed by atoms with Crippen LogP contribution in [0.2, 0.25) is 0 Å². The van der Waals surface area contributed by atoms with Crippen molar-refractivity contribution in [2.75, 3.05) is 23.5 Å². The smallest absolute Gasteiger partial charge is 1.00 e. The van der Waals surface area contributed by atoms with E-state index in [4.69, 9.17) is 32.7 Å². The summed E-state index contributed by atoms with van der Waals surface area (Å²) < 4.78 is 13.0. The van der Waals surface area contributed by atoms with Gasteiger partial charge in [-0.3, -0.25) is 0 Å². The van der Waals surface area contributed by atoms with Gasteiger partial charge in [0.1, 0.15) is 18.1 Å². The molecule has 0 amide bonds. The van der Waals surface area contributed by atoms with Crippen LogP contribution in [0.4, 0.5) is 0 Å². The number of ether oxygens (including phenoxy) is 2. The molecule has 0 aromatic heterocycles. The number of rotatable bonds is 8. The average molecular weight is 743 g/mol. The summed E-state index contributed by atoms with van der Waals surface area (Å²) in [6.45, 7) is 1.32. The van der Waals surface area contributed by atoms with Crippen LogP contribution < -0.4 is 63.0 Å². The quantitative estimate of drug-likeness (QED) is 0.223. The predicted octanol–water partition coefficient (Wildman–Crippen LogP) is 0.486. The Kier molecular flexibility index (Phi) is 23.2. The molecule has 0 saturated carbocycles. The van der Waals surface area contributed by atoms with Crippen LogP contribution >= 0.6 is 68.4 Å². The van der Waals surface area contributed by atoms with Crippen molar-refractivity contribution in [1.82, 2.24) is 0 Å². The van der Waals surface area contributed by atoms with Crippen LogP contribution in [0, 0.1) is 0 Å². The normalized spacial score (nSPS) is 9.08. The third kappa shape index (κ3) is 12.4. The van der Waals surface area contributed by atoms with Crippen molar-refractivity contribution in [3.63, 3.8) is 0 Å². The molecule has 2 aromatic rings. The predicted molar refractivity (Wildman–Crippen MR) is 121 cm³/mol. The molecule has 0 bridgehead atoms. The van der Waals surface area contributed by atoms with E-state index in [0.29, 0.717) is 18.4 Å². The van der Waals surface area contributed by atoms with Crippen LogP contribution in [0.25, 0.3) is 0 Å². The zero-order valence-corrected chi connectivity index (χ0v) is 24.6. The van der Waals surface area contributed by atoms with Crippen molar-refractivity contribution in [1.29, 1.82) is 0 Å². The number of hydrogen-bond acceptors (Lipinski definition) is 2. The van der Waals surface area contributed by atoms with Crippen molar-refractivity contribution in [2.45, 2.75) is 10.3 Å². The molecule has 0 aliphatic rings. The fourth-order valence-electron chi connectivity index (χ4n) is 1.81. The molecule has 2 nitrogen and oxygen atoms in total. The number of hydrogen-bond donors (Lipinski definition) is 0. The maximum Gasteiger partial charge on any atom is 1.00 e. The first-order chi connectivity index (χ1) is 11.8. The third-order valence-electron chi connectivity index (χ3n) is 2.90. The standard InChI is InChI=1S/C9H10Cl2O.C9H10I2O.HI.Na/c2*10-5-6-12-9-4-2-1-3-8(9)7-11;;/h2*1-4H,5-7H2;1H;/q;;;+1/p-1. The summed E-state index contributed by atoms with van der Waals surface area (Å²) in [7, 11) is 0. The Morgan fingerprint density at radius 1 is 0.769 bits per heavy atom. The largest absolute Gasteiger partial charge is 1.00 e. The van der Waals surface area contributed by atoms with Gasteiger partial charge in [0.15, 0.2) is 0 Å². The summed E-state index contributed by atoms with van der Waals surface area (Å²) >= 11 is 15.8. The molecule has 0 radical (unpaired) electrons. The van der Waals surface area contributed by atoms with Crippen LogP contribution in [-0.4, -0.2) is 23.5 Å². The van der Waals surface area contributed by atoms with E-state index in [-0.39, 0.29) is 53.5 Å². The SMILES string of the molecule is ClCCOc1ccccc1CCl.ICCOc1ccccc1CI.[I-].[Na+]. The molecule has 0 heterocycles. The molecule has 0 fully saturated rings. The number of benzene rings is 2. The Balaban J connectivity index is 0. The molecule has 0 unspecified atom stereocenters. The Hall–Kier alpha value is 1.81. The Bertz CT molecular complexity index is 540. The molecule has 2 aromatic carbocycles. The fourth-order valence-corrected chi connectivity index (χ4v) is 2.96. The van der Waals surface area contributed by atoms with Crippen LogP contribution in [-0.2, 0) is 10.3 Å². The summed E-state index contributed by atoms with van der Waals surface area (Å²) in [5, 5.41) is 0. The number of para-hydroxylation sites is 2. The van der Waals surface area contributed by atoms with Gasteiger partial charge < -0.3 is 33.5 Å². The van der Waals surface area contributed by atoms with E-state index >= 15 is 0 Å². The maximum atomic E-state index is 5.70. The van der Waals surface area contributed by atoms with Gasteiger partial charge in [-0.05, 0) is 12.1 Å². The van der Waals surface area contributed by atoms with Gasteiger partial charge in [-0.1, -0.05) is 81.6 Å². The molecule has 2 rings (SSSR count). The monoisotopic (exact) mass is 742 g/mol. The van der Waals surface area contributed by atoms with Gasteiger partial charge in [0.25, 0.3) is 0 Å². The van der Waals surface area contributed by atoms with Crippen molar-refractivity contribution in [3.05, 3.63) is 59.7 Å². The molecule has 26 heavy (non-hydrogen) atoms. The molecular formula is C18H20Cl2I3NaO2. The van der Waals surface area contributed by atoms with Crippen LogP contribution in [0.15, 0.2) is 48.5 Å². The second-order valence-corrected chi connectivity index (χ2v) is 7.04. The van der Waals surface area contributed by atoms with Gasteiger partial charge in [0.05, 0.1) is 18.4 Å². The van der Waals surface area contributed by atoms with Crippen molar-refractivity contribution in [3.8, 4) is 11.5 Å². The van der Waals surface area contributed by atoms with Gasteiger partial charge in [-0.25, -0.2) is 0 Å². The summed E-state index contributed by atoms with van der Waals surface area (Å²) in [6, 6.07) is 15.9. The summed E-state index contributed by atoms with van der Waals surface area (Å²) in [5.74, 6) is 2.83. The van der Waals surface area contributed by atoms with Crippen molar-refractivity contribution >= 4 is 68.4 Å². The van der Waals surface area contributed by atoms with Crippen LogP contribution in [0.3, 0.4) is 0 Å². The zero-order chi connectivity index (χ0) is 17.6. The van der Waals surface area contributed by atoms with Gasteiger partial charge in [-0.15, -0.1) is 23.2 Å². The minimum atomic E-state index is 0.